The molecule has 1 aliphatic rings. The highest BCUT2D eigenvalue weighted by molar-refractivity contribution is 5.66. The summed E-state index contributed by atoms with van der Waals surface area (Å²) in [6.45, 7) is 4.28. The van der Waals surface area contributed by atoms with Gasteiger partial charge < -0.3 is 19.3 Å². The molecule has 168 valence electrons. The van der Waals surface area contributed by atoms with Gasteiger partial charge in [0.1, 0.15) is 5.75 Å². The summed E-state index contributed by atoms with van der Waals surface area (Å²) >= 11 is 0. The van der Waals surface area contributed by atoms with Gasteiger partial charge in [0.25, 0.3) is 0 Å². The smallest absolute Gasteiger partial charge is 0.303 e. The van der Waals surface area contributed by atoms with Crippen molar-refractivity contribution >= 4 is 5.97 Å². The van der Waals surface area contributed by atoms with Crippen molar-refractivity contribution in [2.45, 2.75) is 51.1 Å². The summed E-state index contributed by atoms with van der Waals surface area (Å²) in [5.74, 6) is -0.121. The minimum absolute atomic E-state index is 0.0576. The van der Waals surface area contributed by atoms with Crippen LogP contribution >= 0.6 is 0 Å². The summed E-state index contributed by atoms with van der Waals surface area (Å²) in [5, 5.41) is 17.8. The van der Waals surface area contributed by atoms with E-state index in [0.29, 0.717) is 30.8 Å². The number of ether oxygens (including phenoxy) is 3. The molecule has 7 heteroatoms. The first kappa shape index (κ1) is 23.5. The number of rotatable bonds is 9. The Bertz CT molecular complexity index is 951. The Morgan fingerprint density at radius 1 is 1.31 bits per heavy atom. The molecule has 0 saturated carbocycles. The fourth-order valence-corrected chi connectivity index (χ4v) is 3.58. The van der Waals surface area contributed by atoms with E-state index in [1.807, 2.05) is 38.1 Å². The Kier molecular flexibility index (Phi) is 7.98. The SMILES string of the molecule is CC(C)(Oc1ccc(C#N)cc1)[C@H]1OC[C@@H](C/C=C\CCC(=O)O)[C@@H](c2cccnc2)O1. The van der Waals surface area contributed by atoms with Crippen LogP contribution in [0.1, 0.15) is 50.3 Å². The van der Waals surface area contributed by atoms with Crippen LogP contribution < -0.4 is 4.74 Å². The normalized spacial score (nSPS) is 21.2. The standard InChI is InChI=1S/C25H28N2O5/c1-25(2,32-21-12-10-18(15-26)11-13-21)24-30-17-20(7-4-3-5-9-22(28)29)23(31-24)19-8-6-14-27-16-19/h3-4,6,8,10-14,16,20,23-24H,5,7,9,17H2,1-2H3,(H,28,29)/b4-3-/t20-,23-,24+/m1/s1. The molecule has 1 aromatic heterocycles. The van der Waals surface area contributed by atoms with Gasteiger partial charge in [0, 0.05) is 24.7 Å². The molecular formula is C25H28N2O5. The average molecular weight is 437 g/mol. The summed E-state index contributed by atoms with van der Waals surface area (Å²) < 4.78 is 18.6. The number of carboxylic acid groups (broad SMARTS) is 1. The van der Waals surface area contributed by atoms with Crippen molar-refractivity contribution < 1.29 is 24.1 Å². The molecule has 1 saturated heterocycles. The number of aliphatic carboxylic acids is 1. The largest absolute Gasteiger partial charge is 0.483 e. The second kappa shape index (κ2) is 10.9. The molecular weight excluding hydrogens is 408 g/mol. The molecule has 1 aliphatic heterocycles. The molecule has 1 N–H and O–H groups in total. The van der Waals surface area contributed by atoms with Crippen molar-refractivity contribution in [3.63, 3.8) is 0 Å². The first-order chi connectivity index (χ1) is 15.4. The molecule has 32 heavy (non-hydrogen) atoms. The molecule has 7 nitrogen and oxygen atoms in total. The maximum absolute atomic E-state index is 10.7. The molecule has 0 unspecified atom stereocenters. The second-order valence-corrected chi connectivity index (χ2v) is 8.25. The minimum Gasteiger partial charge on any atom is -0.483 e. The number of hydrogen-bond acceptors (Lipinski definition) is 6. The maximum Gasteiger partial charge on any atom is 0.303 e. The maximum atomic E-state index is 10.7. The average Bonchev–Trinajstić information content (AvgIpc) is 2.79. The van der Waals surface area contributed by atoms with Crippen molar-refractivity contribution in [1.82, 2.24) is 4.98 Å². The van der Waals surface area contributed by atoms with E-state index in [0.717, 1.165) is 5.56 Å². The number of hydrogen-bond donors (Lipinski definition) is 1. The van der Waals surface area contributed by atoms with E-state index < -0.39 is 17.9 Å². The van der Waals surface area contributed by atoms with Gasteiger partial charge in [-0.25, -0.2) is 0 Å². The number of allylic oxidation sites excluding steroid dienone is 2. The second-order valence-electron chi connectivity index (χ2n) is 8.25. The molecule has 1 aromatic carbocycles. The zero-order valence-electron chi connectivity index (χ0n) is 18.3. The van der Waals surface area contributed by atoms with Crippen LogP contribution in [-0.4, -0.2) is 34.6 Å². The number of benzene rings is 1. The van der Waals surface area contributed by atoms with E-state index in [2.05, 4.69) is 11.1 Å². The summed E-state index contributed by atoms with van der Waals surface area (Å²) in [7, 11) is 0. The number of aromatic nitrogens is 1. The Balaban J connectivity index is 1.70. The van der Waals surface area contributed by atoms with Crippen LogP contribution in [-0.2, 0) is 14.3 Å². The zero-order chi connectivity index (χ0) is 23.0. The van der Waals surface area contributed by atoms with Crippen LogP contribution in [0.5, 0.6) is 5.75 Å². The van der Waals surface area contributed by atoms with Crippen molar-refractivity contribution in [3.05, 3.63) is 72.1 Å². The van der Waals surface area contributed by atoms with Crippen LogP contribution in [0, 0.1) is 17.2 Å². The zero-order valence-corrected chi connectivity index (χ0v) is 18.3. The van der Waals surface area contributed by atoms with Gasteiger partial charge in [-0.05, 0) is 62.6 Å². The number of nitriles is 1. The molecule has 2 heterocycles. The Hall–Kier alpha value is -3.21. The van der Waals surface area contributed by atoms with Crippen molar-refractivity contribution in [2.24, 2.45) is 5.92 Å². The fraction of sp³-hybridized carbons (Fsp3) is 0.400. The highest BCUT2D eigenvalue weighted by Crippen LogP contribution is 2.38. The first-order valence-corrected chi connectivity index (χ1v) is 10.6. The molecule has 0 radical (unpaired) electrons. The van der Waals surface area contributed by atoms with Crippen molar-refractivity contribution in [3.8, 4) is 11.8 Å². The number of nitrogens with zero attached hydrogens (tertiary/aromatic N) is 2. The van der Waals surface area contributed by atoms with Gasteiger partial charge in [-0.1, -0.05) is 18.2 Å². The molecule has 2 aromatic rings. The van der Waals surface area contributed by atoms with E-state index in [4.69, 9.17) is 24.6 Å². The Labute approximate surface area is 188 Å². The number of carbonyl (C=O) groups is 1. The predicted molar refractivity (Wildman–Crippen MR) is 118 cm³/mol. The molecule has 3 rings (SSSR count). The third-order valence-corrected chi connectivity index (χ3v) is 5.24. The van der Waals surface area contributed by atoms with E-state index in [9.17, 15) is 4.79 Å². The van der Waals surface area contributed by atoms with Gasteiger partial charge in [0.05, 0.1) is 24.3 Å². The van der Waals surface area contributed by atoms with Crippen molar-refractivity contribution in [1.29, 1.82) is 5.26 Å². The topological polar surface area (TPSA) is 102 Å². The molecule has 0 spiro atoms. The third-order valence-electron chi connectivity index (χ3n) is 5.24. The van der Waals surface area contributed by atoms with Gasteiger partial charge in [-0.2, -0.15) is 5.26 Å². The third kappa shape index (κ3) is 6.39. The van der Waals surface area contributed by atoms with Gasteiger partial charge in [0.15, 0.2) is 11.9 Å². The lowest BCUT2D eigenvalue weighted by atomic mass is 9.92. The summed E-state index contributed by atoms with van der Waals surface area (Å²) in [6, 6.07) is 12.9. The first-order valence-electron chi connectivity index (χ1n) is 10.6. The highest BCUT2D eigenvalue weighted by atomic mass is 16.7. The number of carboxylic acids is 1. The molecule has 0 bridgehead atoms. The van der Waals surface area contributed by atoms with Crippen LogP contribution in [0.4, 0.5) is 0 Å². The summed E-state index contributed by atoms with van der Waals surface area (Å²) in [6.07, 6.45) is 7.84. The lowest BCUT2D eigenvalue weighted by molar-refractivity contribution is -0.288. The van der Waals surface area contributed by atoms with Gasteiger partial charge in [0.2, 0.25) is 0 Å². The Morgan fingerprint density at radius 2 is 2.09 bits per heavy atom. The monoisotopic (exact) mass is 436 g/mol. The molecule has 0 aliphatic carbocycles. The van der Waals surface area contributed by atoms with Crippen LogP contribution in [0.2, 0.25) is 0 Å². The summed E-state index contributed by atoms with van der Waals surface area (Å²) in [5.41, 5.74) is 0.742. The van der Waals surface area contributed by atoms with Gasteiger partial charge in [-0.15, -0.1) is 0 Å². The van der Waals surface area contributed by atoms with Crippen LogP contribution in [0.15, 0.2) is 60.9 Å². The van der Waals surface area contributed by atoms with E-state index in [1.165, 1.54) is 0 Å². The van der Waals surface area contributed by atoms with E-state index in [1.54, 1.807) is 36.7 Å². The molecule has 3 atom stereocenters. The van der Waals surface area contributed by atoms with Gasteiger partial charge >= 0.3 is 5.97 Å². The highest BCUT2D eigenvalue weighted by Gasteiger charge is 2.42. The minimum atomic E-state index is -0.806. The quantitative estimate of drug-likeness (QED) is 0.571. The molecule has 1 fully saturated rings. The summed E-state index contributed by atoms with van der Waals surface area (Å²) in [4.78, 5) is 14.9. The number of pyridine rings is 1. The van der Waals surface area contributed by atoms with Crippen LogP contribution in [0.3, 0.4) is 0 Å². The van der Waals surface area contributed by atoms with E-state index >= 15 is 0 Å². The molecule has 0 amide bonds. The van der Waals surface area contributed by atoms with E-state index in [-0.39, 0.29) is 18.4 Å². The Morgan fingerprint density at radius 3 is 2.75 bits per heavy atom. The van der Waals surface area contributed by atoms with Crippen LogP contribution in [0.25, 0.3) is 0 Å². The fourth-order valence-electron chi connectivity index (χ4n) is 3.58. The van der Waals surface area contributed by atoms with Gasteiger partial charge in [-0.3, -0.25) is 9.78 Å². The lowest BCUT2D eigenvalue weighted by Crippen LogP contribution is -2.50. The lowest BCUT2D eigenvalue weighted by Gasteiger charge is -2.42. The van der Waals surface area contributed by atoms with Crippen molar-refractivity contribution in [2.75, 3.05) is 6.61 Å². The predicted octanol–water partition coefficient (Wildman–Crippen LogP) is 4.65.